The van der Waals surface area contributed by atoms with Gasteiger partial charge in [0.15, 0.2) is 0 Å². The first kappa shape index (κ1) is 32.8. The van der Waals surface area contributed by atoms with Gasteiger partial charge in [-0.05, 0) is 39.2 Å². The van der Waals surface area contributed by atoms with Gasteiger partial charge in [-0.1, -0.05) is 50.1 Å². The summed E-state index contributed by atoms with van der Waals surface area (Å²) in [5.41, 5.74) is 5.89. The zero-order valence-corrected chi connectivity index (χ0v) is 23.4. The lowest BCUT2D eigenvalue weighted by Crippen LogP contribution is -2.60. The first-order valence-corrected chi connectivity index (χ1v) is 12.9. The van der Waals surface area contributed by atoms with E-state index in [1.54, 1.807) is 20.8 Å². The third-order valence-electron chi connectivity index (χ3n) is 5.77. The maximum absolute atomic E-state index is 12.7. The second-order valence-electron chi connectivity index (χ2n) is 10.1. The van der Waals surface area contributed by atoms with Crippen molar-refractivity contribution in [3.63, 3.8) is 0 Å². The fraction of sp³-hybridized carbons (Fsp3) is 0.630. The average molecular weight is 537 g/mol. The number of hydrogen-bond acceptors (Lipinski definition) is 9. The molecule has 5 N–H and O–H groups in total. The van der Waals surface area contributed by atoms with Gasteiger partial charge in [0.1, 0.15) is 11.6 Å². The molecule has 0 aliphatic carbocycles. The molecule has 0 unspecified atom stereocenters. The van der Waals surface area contributed by atoms with Crippen molar-refractivity contribution < 1.29 is 33.4 Å². The van der Waals surface area contributed by atoms with Crippen molar-refractivity contribution in [3.8, 4) is 0 Å². The van der Waals surface area contributed by atoms with Crippen LogP contribution < -0.4 is 21.7 Å². The van der Waals surface area contributed by atoms with E-state index in [0.717, 1.165) is 18.4 Å². The van der Waals surface area contributed by atoms with Crippen molar-refractivity contribution in [2.75, 3.05) is 20.8 Å². The molecule has 0 aliphatic rings. The molecule has 1 rings (SSSR count). The molecule has 0 spiro atoms. The first-order valence-electron chi connectivity index (χ1n) is 12.9. The molecular formula is C27H44N4O7. The number of primary amides is 1. The topological polar surface area (TPSA) is 158 Å². The number of methoxy groups -OCH3 is 2. The Morgan fingerprint density at radius 2 is 1.63 bits per heavy atom. The third kappa shape index (κ3) is 12.9. The van der Waals surface area contributed by atoms with Gasteiger partial charge in [-0.2, -0.15) is 0 Å². The number of amides is 2. The Kier molecular flexibility index (Phi) is 14.4. The predicted molar refractivity (Wildman–Crippen MR) is 143 cm³/mol. The first-order chi connectivity index (χ1) is 17.9. The van der Waals surface area contributed by atoms with Crippen molar-refractivity contribution in [1.82, 2.24) is 16.0 Å². The van der Waals surface area contributed by atoms with Crippen LogP contribution in [0.1, 0.15) is 58.9 Å². The van der Waals surface area contributed by atoms with E-state index in [1.165, 1.54) is 14.2 Å². The highest BCUT2D eigenvalue weighted by molar-refractivity contribution is 5.82. The number of ether oxygens (including phenoxy) is 3. The fourth-order valence-electron chi connectivity index (χ4n) is 3.83. The van der Waals surface area contributed by atoms with Crippen molar-refractivity contribution in [2.24, 2.45) is 5.73 Å². The van der Waals surface area contributed by atoms with Gasteiger partial charge in [-0.3, -0.25) is 19.7 Å². The summed E-state index contributed by atoms with van der Waals surface area (Å²) in [4.78, 5) is 49.5. The van der Waals surface area contributed by atoms with Crippen LogP contribution in [0.5, 0.6) is 0 Å². The molecule has 1 aromatic carbocycles. The minimum atomic E-state index is -1.05. The Labute approximate surface area is 225 Å². The monoisotopic (exact) mass is 536 g/mol. The van der Waals surface area contributed by atoms with Crippen LogP contribution in [0.15, 0.2) is 30.3 Å². The molecule has 0 bridgehead atoms. The number of alkyl carbamates (subject to hydrolysis) is 1. The number of carbonyl (C=O) groups excluding carboxylic acids is 4. The van der Waals surface area contributed by atoms with Crippen LogP contribution in [-0.4, -0.2) is 74.5 Å². The highest BCUT2D eigenvalue weighted by Gasteiger charge is 2.32. The van der Waals surface area contributed by atoms with Gasteiger partial charge in [-0.15, -0.1) is 0 Å². The largest absolute Gasteiger partial charge is 0.469 e. The lowest BCUT2D eigenvalue weighted by molar-refractivity contribution is -0.149. The number of nitrogens with one attached hydrogen (secondary N) is 3. The van der Waals surface area contributed by atoms with Gasteiger partial charge >= 0.3 is 18.0 Å². The molecule has 38 heavy (non-hydrogen) atoms. The zero-order valence-electron chi connectivity index (χ0n) is 23.4. The van der Waals surface area contributed by atoms with Crippen LogP contribution >= 0.6 is 0 Å². The number of hydrogen-bond donors (Lipinski definition) is 4. The Hall–Kier alpha value is -3.18. The summed E-state index contributed by atoms with van der Waals surface area (Å²) in [5.74, 6) is -1.82. The smallest absolute Gasteiger partial charge is 0.407 e. The molecule has 0 aromatic heterocycles. The van der Waals surface area contributed by atoms with Crippen molar-refractivity contribution in [3.05, 3.63) is 35.9 Å². The Morgan fingerprint density at radius 1 is 0.974 bits per heavy atom. The Bertz CT molecular complexity index is 889. The van der Waals surface area contributed by atoms with Crippen molar-refractivity contribution in [1.29, 1.82) is 0 Å². The molecule has 0 aliphatic heterocycles. The highest BCUT2D eigenvalue weighted by atomic mass is 16.6. The number of rotatable bonds is 16. The van der Waals surface area contributed by atoms with Gasteiger partial charge in [0.05, 0.1) is 26.7 Å². The molecular weight excluding hydrogens is 492 g/mol. The van der Waals surface area contributed by atoms with Gasteiger partial charge < -0.3 is 30.6 Å². The lowest BCUT2D eigenvalue weighted by Gasteiger charge is -2.33. The van der Waals surface area contributed by atoms with E-state index in [9.17, 15) is 19.2 Å². The summed E-state index contributed by atoms with van der Waals surface area (Å²) in [5, 5.41) is 9.22. The van der Waals surface area contributed by atoms with E-state index in [1.807, 2.05) is 37.3 Å². The highest BCUT2D eigenvalue weighted by Crippen LogP contribution is 2.12. The molecule has 0 radical (unpaired) electrons. The van der Waals surface area contributed by atoms with Crippen molar-refractivity contribution >= 4 is 23.9 Å². The van der Waals surface area contributed by atoms with Crippen molar-refractivity contribution in [2.45, 2.75) is 89.6 Å². The maximum Gasteiger partial charge on any atom is 0.407 e. The molecule has 0 saturated carbocycles. The molecule has 0 saturated heterocycles. The van der Waals surface area contributed by atoms with Gasteiger partial charge in [-0.25, -0.2) is 4.79 Å². The standard InChI is InChI=1S/C27H44N4O7/c1-7-8-14-19(31-26(35)38-27(2,3)4)22(30-21(25(34)37-6)16-23(32)36-5)17-29-20(24(28)33)15-18-12-10-9-11-13-18/h9-13,19-22,29-30H,7-8,14-17H2,1-6H3,(H2,28,33)(H,31,35)/t19-,20-,21-,22-/m0/s1. The van der Waals surface area contributed by atoms with E-state index >= 15 is 0 Å². The summed E-state index contributed by atoms with van der Waals surface area (Å²) < 4.78 is 15.1. The van der Waals surface area contributed by atoms with E-state index in [2.05, 4.69) is 16.0 Å². The van der Waals surface area contributed by atoms with Gasteiger partial charge in [0, 0.05) is 18.6 Å². The quantitative estimate of drug-likeness (QED) is 0.183. The van der Waals surface area contributed by atoms with E-state index in [0.29, 0.717) is 12.8 Å². The third-order valence-corrected chi connectivity index (χ3v) is 5.77. The summed E-state index contributed by atoms with van der Waals surface area (Å²) in [6, 6.07) is 6.51. The second kappa shape index (κ2) is 16.6. The number of nitrogens with two attached hydrogens (primary N) is 1. The summed E-state index contributed by atoms with van der Waals surface area (Å²) in [7, 11) is 2.45. The molecule has 214 valence electrons. The average Bonchev–Trinajstić information content (AvgIpc) is 2.86. The Morgan fingerprint density at radius 3 is 2.16 bits per heavy atom. The fourth-order valence-corrected chi connectivity index (χ4v) is 3.83. The number of unbranched alkanes of at least 4 members (excludes halogenated alkanes) is 1. The zero-order chi connectivity index (χ0) is 28.7. The van der Waals surface area contributed by atoms with Crippen LogP contribution in [0.2, 0.25) is 0 Å². The molecule has 1 aromatic rings. The summed E-state index contributed by atoms with van der Waals surface area (Å²) >= 11 is 0. The SMILES string of the molecule is CCCC[C@H](NC(=O)OC(C)(C)C)[C@H](CN[C@@H](Cc1ccccc1)C(N)=O)N[C@@H](CC(=O)OC)C(=O)OC. The van der Waals surface area contributed by atoms with E-state index in [4.69, 9.17) is 19.9 Å². The van der Waals surface area contributed by atoms with Crippen LogP contribution in [0.3, 0.4) is 0 Å². The normalized spacial score (nSPS) is 14.5. The molecule has 11 nitrogen and oxygen atoms in total. The number of benzene rings is 1. The molecule has 0 heterocycles. The molecule has 2 amide bonds. The van der Waals surface area contributed by atoms with Crippen LogP contribution in [0.4, 0.5) is 4.79 Å². The minimum absolute atomic E-state index is 0.138. The lowest BCUT2D eigenvalue weighted by atomic mass is 9.98. The number of esters is 2. The van der Waals surface area contributed by atoms with Crippen LogP contribution in [-0.2, 0) is 35.0 Å². The summed E-state index contributed by atoms with van der Waals surface area (Å²) in [6.45, 7) is 7.43. The van der Waals surface area contributed by atoms with Crippen LogP contribution in [0, 0.1) is 0 Å². The maximum atomic E-state index is 12.7. The number of carbonyl (C=O) groups is 4. The van der Waals surface area contributed by atoms with Crippen LogP contribution in [0.25, 0.3) is 0 Å². The second-order valence-corrected chi connectivity index (χ2v) is 10.1. The summed E-state index contributed by atoms with van der Waals surface area (Å²) in [6.07, 6.45) is 1.61. The molecule has 4 atom stereocenters. The molecule has 0 fully saturated rings. The predicted octanol–water partition coefficient (Wildman–Crippen LogP) is 1.82. The Balaban J connectivity index is 3.25. The minimum Gasteiger partial charge on any atom is -0.469 e. The van der Waals surface area contributed by atoms with Gasteiger partial charge in [0.2, 0.25) is 5.91 Å². The molecule has 11 heteroatoms. The van der Waals surface area contributed by atoms with E-state index < -0.39 is 53.7 Å². The van der Waals surface area contributed by atoms with Gasteiger partial charge in [0.25, 0.3) is 0 Å². The van der Waals surface area contributed by atoms with E-state index in [-0.39, 0.29) is 13.0 Å².